The molecule has 1 aromatic rings. The van der Waals surface area contributed by atoms with E-state index in [9.17, 15) is 9.90 Å². The van der Waals surface area contributed by atoms with E-state index >= 15 is 0 Å². The highest BCUT2D eigenvalue weighted by Gasteiger charge is 2.15. The van der Waals surface area contributed by atoms with E-state index in [4.69, 9.17) is 4.74 Å². The molecular formula is C16H22O3S. The number of allylic oxidation sites excluding steroid dienone is 2. The first-order valence-electron chi connectivity index (χ1n) is 7.13. The number of aliphatic hydroxyl groups excluding tert-OH is 1. The van der Waals surface area contributed by atoms with Gasteiger partial charge in [-0.25, -0.2) is 4.79 Å². The third kappa shape index (κ3) is 3.70. The predicted octanol–water partition coefficient (Wildman–Crippen LogP) is 3.64. The lowest BCUT2D eigenvalue weighted by molar-refractivity contribution is 0.0600. The van der Waals surface area contributed by atoms with Crippen molar-refractivity contribution < 1.29 is 14.6 Å². The van der Waals surface area contributed by atoms with Crippen molar-refractivity contribution in [1.82, 2.24) is 0 Å². The van der Waals surface area contributed by atoms with Gasteiger partial charge < -0.3 is 9.84 Å². The van der Waals surface area contributed by atoms with Gasteiger partial charge in [-0.05, 0) is 51.0 Å². The zero-order valence-corrected chi connectivity index (χ0v) is 13.0. The molecule has 0 aromatic carbocycles. The molecule has 1 heterocycles. The highest BCUT2D eigenvalue weighted by Crippen LogP contribution is 2.26. The fourth-order valence-corrected chi connectivity index (χ4v) is 3.66. The molecule has 4 heteroatoms. The third-order valence-electron chi connectivity index (χ3n) is 3.95. The van der Waals surface area contributed by atoms with Crippen molar-refractivity contribution in [1.29, 1.82) is 0 Å². The van der Waals surface area contributed by atoms with Crippen molar-refractivity contribution in [2.24, 2.45) is 0 Å². The predicted molar refractivity (Wildman–Crippen MR) is 81.3 cm³/mol. The molecule has 1 aromatic heterocycles. The van der Waals surface area contributed by atoms with Crippen LogP contribution in [0.5, 0.6) is 0 Å². The Morgan fingerprint density at radius 1 is 1.50 bits per heavy atom. The number of aliphatic hydroxyl groups is 1. The minimum Gasteiger partial charge on any atom is -0.465 e. The van der Waals surface area contributed by atoms with Crippen LogP contribution in [-0.4, -0.2) is 24.3 Å². The monoisotopic (exact) mass is 294 g/mol. The Balaban J connectivity index is 1.90. The summed E-state index contributed by atoms with van der Waals surface area (Å²) in [5.74, 6) is -0.246. The van der Waals surface area contributed by atoms with Crippen molar-refractivity contribution in [2.45, 2.75) is 51.6 Å². The van der Waals surface area contributed by atoms with Crippen LogP contribution in [0.15, 0.2) is 17.0 Å². The van der Waals surface area contributed by atoms with Crippen LogP contribution in [-0.2, 0) is 11.2 Å². The first-order valence-corrected chi connectivity index (χ1v) is 8.01. The van der Waals surface area contributed by atoms with Crippen LogP contribution in [0.25, 0.3) is 0 Å². The number of hydrogen-bond acceptors (Lipinski definition) is 4. The summed E-state index contributed by atoms with van der Waals surface area (Å²) in [6, 6.07) is 0. The topological polar surface area (TPSA) is 46.5 Å². The molecule has 0 atom stereocenters. The Labute approximate surface area is 124 Å². The lowest BCUT2D eigenvalue weighted by Gasteiger charge is -2.19. The summed E-state index contributed by atoms with van der Waals surface area (Å²) in [7, 11) is 1.42. The third-order valence-corrected chi connectivity index (χ3v) is 5.10. The molecule has 2 rings (SSSR count). The molecule has 1 fully saturated rings. The molecule has 0 saturated heterocycles. The van der Waals surface area contributed by atoms with E-state index in [0.29, 0.717) is 5.56 Å². The minimum atomic E-state index is -0.246. The van der Waals surface area contributed by atoms with Gasteiger partial charge in [-0.1, -0.05) is 11.6 Å². The Morgan fingerprint density at radius 2 is 2.20 bits per heavy atom. The molecular weight excluding hydrogens is 272 g/mol. The Morgan fingerprint density at radius 3 is 2.85 bits per heavy atom. The lowest BCUT2D eigenvalue weighted by Crippen LogP contribution is -2.12. The number of carbonyl (C=O) groups excluding carboxylic acids is 1. The zero-order valence-electron chi connectivity index (χ0n) is 12.1. The smallest absolute Gasteiger partial charge is 0.338 e. The summed E-state index contributed by atoms with van der Waals surface area (Å²) in [6.45, 7) is 1.99. The maximum Gasteiger partial charge on any atom is 0.338 e. The molecule has 0 amide bonds. The molecule has 1 aliphatic rings. The minimum absolute atomic E-state index is 0.102. The van der Waals surface area contributed by atoms with E-state index in [-0.39, 0.29) is 12.1 Å². The number of thiophene rings is 1. The fraction of sp³-hybridized carbons (Fsp3) is 0.562. The van der Waals surface area contributed by atoms with E-state index in [0.717, 1.165) is 44.1 Å². The molecule has 20 heavy (non-hydrogen) atoms. The second-order valence-corrected chi connectivity index (χ2v) is 6.29. The summed E-state index contributed by atoms with van der Waals surface area (Å²) in [4.78, 5) is 12.8. The highest BCUT2D eigenvalue weighted by molar-refractivity contribution is 7.10. The SMILES string of the molecule is COC(=O)c1csc(CCC=C2CCC(O)CC2)c1C. The highest BCUT2D eigenvalue weighted by atomic mass is 32.1. The standard InChI is InChI=1S/C16H22O3S/c1-11-14(16(18)19-2)10-20-15(11)5-3-4-12-6-8-13(17)9-7-12/h4,10,13,17H,3,5-9H2,1-2H3. The molecule has 1 saturated carbocycles. The lowest BCUT2D eigenvalue weighted by atomic mass is 9.92. The number of methoxy groups -OCH3 is 1. The van der Waals surface area contributed by atoms with Gasteiger partial charge in [0.1, 0.15) is 0 Å². The van der Waals surface area contributed by atoms with Gasteiger partial charge in [0, 0.05) is 10.3 Å². The fourth-order valence-electron chi connectivity index (χ4n) is 2.60. The Bertz CT molecular complexity index is 492. The van der Waals surface area contributed by atoms with Crippen molar-refractivity contribution in [3.8, 4) is 0 Å². The summed E-state index contributed by atoms with van der Waals surface area (Å²) in [5, 5.41) is 11.4. The number of ether oxygens (including phenoxy) is 1. The summed E-state index contributed by atoms with van der Waals surface area (Å²) < 4.78 is 4.77. The number of carbonyl (C=O) groups is 1. The van der Waals surface area contributed by atoms with Gasteiger partial charge in [0.25, 0.3) is 0 Å². The average molecular weight is 294 g/mol. The van der Waals surface area contributed by atoms with Gasteiger partial charge in [0.2, 0.25) is 0 Å². The normalized spacial score (nSPS) is 18.9. The van der Waals surface area contributed by atoms with Gasteiger partial charge in [-0.15, -0.1) is 11.3 Å². The van der Waals surface area contributed by atoms with Crippen molar-refractivity contribution >= 4 is 17.3 Å². The van der Waals surface area contributed by atoms with Crippen LogP contribution in [0.1, 0.15) is 52.9 Å². The maximum absolute atomic E-state index is 11.5. The maximum atomic E-state index is 11.5. The Hall–Kier alpha value is -1.13. The first-order chi connectivity index (χ1) is 9.61. The molecule has 1 aliphatic carbocycles. The molecule has 1 N–H and O–H groups in total. The average Bonchev–Trinajstić information content (AvgIpc) is 2.82. The van der Waals surface area contributed by atoms with E-state index in [1.165, 1.54) is 17.6 Å². The molecule has 0 unspecified atom stereocenters. The van der Waals surface area contributed by atoms with Gasteiger partial charge >= 0.3 is 5.97 Å². The molecule has 0 aliphatic heterocycles. The van der Waals surface area contributed by atoms with Gasteiger partial charge in [-0.2, -0.15) is 0 Å². The van der Waals surface area contributed by atoms with Gasteiger partial charge in [0.15, 0.2) is 0 Å². The van der Waals surface area contributed by atoms with E-state index in [1.54, 1.807) is 11.3 Å². The number of aryl methyl sites for hydroxylation is 1. The molecule has 110 valence electrons. The second kappa shape index (κ2) is 7.04. The summed E-state index contributed by atoms with van der Waals surface area (Å²) in [6.07, 6.45) is 8.03. The van der Waals surface area contributed by atoms with Crippen LogP contribution in [0.2, 0.25) is 0 Å². The van der Waals surface area contributed by atoms with Crippen LogP contribution < -0.4 is 0 Å². The molecule has 0 spiro atoms. The van der Waals surface area contributed by atoms with Crippen molar-refractivity contribution in [2.75, 3.05) is 7.11 Å². The zero-order chi connectivity index (χ0) is 14.5. The van der Waals surface area contributed by atoms with E-state index in [2.05, 4.69) is 6.08 Å². The second-order valence-electron chi connectivity index (χ2n) is 5.32. The molecule has 0 radical (unpaired) electrons. The van der Waals surface area contributed by atoms with E-state index < -0.39 is 0 Å². The largest absolute Gasteiger partial charge is 0.465 e. The first kappa shape index (κ1) is 15.3. The van der Waals surface area contributed by atoms with Gasteiger partial charge in [-0.3, -0.25) is 0 Å². The number of rotatable bonds is 4. The van der Waals surface area contributed by atoms with Crippen LogP contribution >= 0.6 is 11.3 Å². The molecule has 3 nitrogen and oxygen atoms in total. The number of hydrogen-bond donors (Lipinski definition) is 1. The molecule has 0 bridgehead atoms. The van der Waals surface area contributed by atoms with Crippen LogP contribution in [0, 0.1) is 6.92 Å². The number of esters is 1. The van der Waals surface area contributed by atoms with Crippen molar-refractivity contribution in [3.05, 3.63) is 33.0 Å². The summed E-state index contributed by atoms with van der Waals surface area (Å²) in [5.41, 5.74) is 3.22. The van der Waals surface area contributed by atoms with Gasteiger partial charge in [0.05, 0.1) is 18.8 Å². The van der Waals surface area contributed by atoms with Crippen LogP contribution in [0.3, 0.4) is 0 Å². The Kier molecular flexibility index (Phi) is 5.38. The quantitative estimate of drug-likeness (QED) is 0.681. The van der Waals surface area contributed by atoms with Crippen molar-refractivity contribution in [3.63, 3.8) is 0 Å². The van der Waals surface area contributed by atoms with E-state index in [1.807, 2.05) is 12.3 Å². The van der Waals surface area contributed by atoms with Crippen LogP contribution in [0.4, 0.5) is 0 Å². The summed E-state index contributed by atoms with van der Waals surface area (Å²) >= 11 is 1.64.